The quantitative estimate of drug-likeness (QED) is 0.737. The number of hydrogen-bond donors (Lipinski definition) is 3. The van der Waals surface area contributed by atoms with Gasteiger partial charge in [-0.25, -0.2) is 0 Å². The van der Waals surface area contributed by atoms with Gasteiger partial charge < -0.3 is 15.7 Å². The summed E-state index contributed by atoms with van der Waals surface area (Å²) in [6.07, 6.45) is 1.43. The van der Waals surface area contributed by atoms with Crippen molar-refractivity contribution in [3.8, 4) is 0 Å². The minimum Gasteiger partial charge on any atom is -0.388 e. The van der Waals surface area contributed by atoms with E-state index in [2.05, 4.69) is 10.6 Å². The number of benzene rings is 1. The van der Waals surface area contributed by atoms with E-state index < -0.39 is 6.10 Å². The fraction of sp³-hybridized carbons (Fsp3) is 0.500. The van der Waals surface area contributed by atoms with Gasteiger partial charge in [0.2, 0.25) is 5.91 Å². The van der Waals surface area contributed by atoms with E-state index in [0.717, 1.165) is 18.4 Å². The molecule has 1 saturated carbocycles. The number of halogens is 1. The Kier molecular flexibility index (Phi) is 5.79. The summed E-state index contributed by atoms with van der Waals surface area (Å²) in [5, 5.41) is 16.1. The third-order valence-electron chi connectivity index (χ3n) is 3.56. The average molecular weight is 285 g/mol. The van der Waals surface area contributed by atoms with Gasteiger partial charge in [-0.15, -0.1) is 12.4 Å². The van der Waals surface area contributed by atoms with Gasteiger partial charge in [-0.05, 0) is 25.5 Å². The second kappa shape index (κ2) is 6.89. The van der Waals surface area contributed by atoms with Gasteiger partial charge in [-0.2, -0.15) is 0 Å². The van der Waals surface area contributed by atoms with Crippen molar-refractivity contribution in [1.82, 2.24) is 10.6 Å². The number of aliphatic hydroxyl groups is 1. The van der Waals surface area contributed by atoms with E-state index in [1.165, 1.54) is 0 Å². The minimum absolute atomic E-state index is 0. The highest BCUT2D eigenvalue weighted by Gasteiger charge is 2.49. The molecule has 0 spiro atoms. The first-order valence-corrected chi connectivity index (χ1v) is 6.32. The molecular formula is C14H21ClN2O2. The molecule has 1 atom stereocenters. The molecule has 1 amide bonds. The lowest BCUT2D eigenvalue weighted by Gasteiger charge is -2.23. The van der Waals surface area contributed by atoms with Crippen LogP contribution in [0.4, 0.5) is 0 Å². The first kappa shape index (κ1) is 16.0. The van der Waals surface area contributed by atoms with Gasteiger partial charge in [0.25, 0.3) is 0 Å². The summed E-state index contributed by atoms with van der Waals surface area (Å²) < 4.78 is 0. The smallest absolute Gasteiger partial charge is 0.233 e. The molecule has 0 heterocycles. The molecule has 3 N–H and O–H groups in total. The van der Waals surface area contributed by atoms with Gasteiger partial charge in [0.1, 0.15) is 0 Å². The summed E-state index contributed by atoms with van der Waals surface area (Å²) in [7, 11) is 1.74. The highest BCUT2D eigenvalue weighted by Crippen LogP contribution is 2.54. The van der Waals surface area contributed by atoms with E-state index in [-0.39, 0.29) is 23.7 Å². The molecule has 106 valence electrons. The van der Waals surface area contributed by atoms with Crippen molar-refractivity contribution in [3.05, 3.63) is 35.9 Å². The molecule has 1 unspecified atom stereocenters. The van der Waals surface area contributed by atoms with Crippen molar-refractivity contribution >= 4 is 18.3 Å². The topological polar surface area (TPSA) is 61.4 Å². The number of carbonyl (C=O) groups excluding carboxylic acids is 1. The lowest BCUT2D eigenvalue weighted by Crippen LogP contribution is -2.37. The Morgan fingerprint density at radius 2 is 2.00 bits per heavy atom. The fourth-order valence-corrected chi connectivity index (χ4v) is 2.19. The Bertz CT molecular complexity index is 407. The Labute approximate surface area is 120 Å². The maximum Gasteiger partial charge on any atom is 0.233 e. The van der Waals surface area contributed by atoms with Crippen molar-refractivity contribution in [2.75, 3.05) is 20.1 Å². The van der Waals surface area contributed by atoms with E-state index >= 15 is 0 Å². The molecule has 4 nitrogen and oxygen atoms in total. The standard InChI is InChI=1S/C14H20N2O2.ClH/c1-15-9-12(17)16-10-14(7-8-14)13(18)11-5-3-2-4-6-11;/h2-6,13,15,18H,7-10H2,1H3,(H,16,17);1H. The second-order valence-electron chi connectivity index (χ2n) is 4.98. The van der Waals surface area contributed by atoms with Gasteiger partial charge in [-0.1, -0.05) is 30.3 Å². The van der Waals surface area contributed by atoms with Gasteiger partial charge in [0, 0.05) is 12.0 Å². The molecule has 0 saturated heterocycles. The highest BCUT2D eigenvalue weighted by molar-refractivity contribution is 5.85. The van der Waals surface area contributed by atoms with Gasteiger partial charge in [0.15, 0.2) is 0 Å². The molecule has 1 aromatic rings. The van der Waals surface area contributed by atoms with Crippen LogP contribution in [-0.4, -0.2) is 31.2 Å². The van der Waals surface area contributed by atoms with Gasteiger partial charge in [-0.3, -0.25) is 4.79 Å². The predicted molar refractivity (Wildman–Crippen MR) is 77.3 cm³/mol. The normalized spacial score (nSPS) is 17.2. The van der Waals surface area contributed by atoms with Crippen molar-refractivity contribution in [3.63, 3.8) is 0 Å². The molecule has 0 aromatic heterocycles. The molecule has 0 bridgehead atoms. The molecule has 1 aliphatic carbocycles. The molecular weight excluding hydrogens is 264 g/mol. The van der Waals surface area contributed by atoms with Crippen molar-refractivity contribution in [2.24, 2.45) is 5.41 Å². The Hall–Kier alpha value is -1.10. The van der Waals surface area contributed by atoms with E-state index in [1.807, 2.05) is 30.3 Å². The zero-order chi connectivity index (χ0) is 13.0. The van der Waals surface area contributed by atoms with Crippen LogP contribution in [-0.2, 0) is 4.79 Å². The van der Waals surface area contributed by atoms with Crippen molar-refractivity contribution < 1.29 is 9.90 Å². The number of likely N-dealkylation sites (N-methyl/N-ethyl adjacent to an activating group) is 1. The Balaban J connectivity index is 0.00000180. The monoisotopic (exact) mass is 284 g/mol. The Morgan fingerprint density at radius 3 is 2.53 bits per heavy atom. The summed E-state index contributed by atoms with van der Waals surface area (Å²) in [4.78, 5) is 11.4. The third-order valence-corrected chi connectivity index (χ3v) is 3.56. The van der Waals surface area contributed by atoms with Crippen LogP contribution in [0.15, 0.2) is 30.3 Å². The first-order valence-electron chi connectivity index (χ1n) is 6.32. The largest absolute Gasteiger partial charge is 0.388 e. The summed E-state index contributed by atoms with van der Waals surface area (Å²) in [6, 6.07) is 9.65. The van der Waals surface area contributed by atoms with Crippen LogP contribution in [0.1, 0.15) is 24.5 Å². The number of aliphatic hydroxyl groups excluding tert-OH is 1. The van der Waals surface area contributed by atoms with E-state index in [9.17, 15) is 9.90 Å². The minimum atomic E-state index is -0.492. The van der Waals surface area contributed by atoms with E-state index in [4.69, 9.17) is 0 Å². The molecule has 1 aliphatic rings. The van der Waals surface area contributed by atoms with Crippen LogP contribution < -0.4 is 10.6 Å². The van der Waals surface area contributed by atoms with Crippen molar-refractivity contribution in [2.45, 2.75) is 18.9 Å². The second-order valence-corrected chi connectivity index (χ2v) is 4.98. The van der Waals surface area contributed by atoms with Crippen molar-refractivity contribution in [1.29, 1.82) is 0 Å². The first-order chi connectivity index (χ1) is 8.68. The summed E-state index contributed by atoms with van der Waals surface area (Å²) in [5.41, 5.74) is 0.767. The van der Waals surface area contributed by atoms with Gasteiger partial charge >= 0.3 is 0 Å². The highest BCUT2D eigenvalue weighted by atomic mass is 35.5. The van der Waals surface area contributed by atoms with Crippen LogP contribution in [0, 0.1) is 5.41 Å². The maximum absolute atomic E-state index is 11.4. The average Bonchev–Trinajstić information content (AvgIpc) is 3.18. The molecule has 0 radical (unpaired) electrons. The maximum atomic E-state index is 11.4. The van der Waals surface area contributed by atoms with E-state index in [1.54, 1.807) is 7.05 Å². The van der Waals surface area contributed by atoms with Gasteiger partial charge in [0.05, 0.1) is 12.6 Å². The number of carbonyl (C=O) groups is 1. The molecule has 1 fully saturated rings. The van der Waals surface area contributed by atoms with Crippen LogP contribution in [0.2, 0.25) is 0 Å². The molecule has 19 heavy (non-hydrogen) atoms. The lowest BCUT2D eigenvalue weighted by molar-refractivity contribution is -0.120. The summed E-state index contributed by atoms with van der Waals surface area (Å²) >= 11 is 0. The number of hydrogen-bond acceptors (Lipinski definition) is 3. The zero-order valence-corrected chi connectivity index (χ0v) is 11.9. The summed E-state index contributed by atoms with van der Waals surface area (Å²) in [6.45, 7) is 0.862. The Morgan fingerprint density at radius 1 is 1.37 bits per heavy atom. The van der Waals surface area contributed by atoms with Crippen LogP contribution >= 0.6 is 12.4 Å². The molecule has 0 aliphatic heterocycles. The fourth-order valence-electron chi connectivity index (χ4n) is 2.19. The summed E-state index contributed by atoms with van der Waals surface area (Å²) in [5.74, 6) is -0.0240. The zero-order valence-electron chi connectivity index (χ0n) is 11.1. The van der Waals surface area contributed by atoms with Crippen LogP contribution in [0.5, 0.6) is 0 Å². The molecule has 2 rings (SSSR count). The number of amides is 1. The molecule has 1 aromatic carbocycles. The number of nitrogens with one attached hydrogen (secondary N) is 2. The van der Waals surface area contributed by atoms with Crippen LogP contribution in [0.3, 0.4) is 0 Å². The molecule has 5 heteroatoms. The lowest BCUT2D eigenvalue weighted by atomic mass is 9.92. The third kappa shape index (κ3) is 3.93. The SMILES string of the molecule is CNCC(=O)NCC1(C(O)c2ccccc2)CC1.Cl. The predicted octanol–water partition coefficient (Wildman–Crippen LogP) is 1.26. The number of rotatable bonds is 6. The van der Waals surface area contributed by atoms with Crippen LogP contribution in [0.25, 0.3) is 0 Å². The van der Waals surface area contributed by atoms with E-state index in [0.29, 0.717) is 13.1 Å².